The summed E-state index contributed by atoms with van der Waals surface area (Å²) in [5, 5.41) is 0. The molecule has 17 heavy (non-hydrogen) atoms. The van der Waals surface area contributed by atoms with Gasteiger partial charge in [-0.3, -0.25) is 0 Å². The maximum Gasteiger partial charge on any atom is 0.414 e. The highest BCUT2D eigenvalue weighted by Gasteiger charge is 2.38. The van der Waals surface area contributed by atoms with Crippen molar-refractivity contribution >= 4 is 22.6 Å². The van der Waals surface area contributed by atoms with E-state index >= 15 is 0 Å². The Morgan fingerprint density at radius 1 is 1.24 bits per heavy atom. The minimum atomic E-state index is -4.38. The molecule has 96 valence electrons. The maximum atomic E-state index is 12.7. The molecule has 0 heterocycles. The van der Waals surface area contributed by atoms with Crippen molar-refractivity contribution in [3.05, 3.63) is 35.6 Å². The average Bonchev–Trinajstić information content (AvgIpc) is 2.25. The van der Waals surface area contributed by atoms with Gasteiger partial charge < -0.3 is 4.74 Å². The van der Waals surface area contributed by atoms with Gasteiger partial charge in [-0.2, -0.15) is 13.2 Å². The van der Waals surface area contributed by atoms with Crippen molar-refractivity contribution in [2.24, 2.45) is 0 Å². The monoisotopic (exact) mass is 362 g/mol. The number of alkyl halides is 4. The summed E-state index contributed by atoms with van der Waals surface area (Å²) in [4.78, 5) is 0. The van der Waals surface area contributed by atoms with Gasteiger partial charge in [0.15, 0.2) is 6.10 Å². The predicted molar refractivity (Wildman–Crippen MR) is 64.6 cm³/mol. The molecule has 0 aromatic heterocycles. The summed E-state index contributed by atoms with van der Waals surface area (Å²) < 4.78 is 55.0. The number of hydrogen-bond donors (Lipinski definition) is 0. The quantitative estimate of drug-likeness (QED) is 0.442. The van der Waals surface area contributed by atoms with Crippen LogP contribution in [0, 0.1) is 5.82 Å². The largest absolute Gasteiger partial charge is 0.414 e. The Morgan fingerprint density at radius 3 is 2.18 bits per heavy atom. The van der Waals surface area contributed by atoms with Crippen LogP contribution in [0.25, 0.3) is 0 Å². The fourth-order valence-electron chi connectivity index (χ4n) is 1.21. The lowest BCUT2D eigenvalue weighted by Crippen LogP contribution is -2.30. The van der Waals surface area contributed by atoms with Gasteiger partial charge in [0.05, 0.1) is 6.10 Å². The lowest BCUT2D eigenvalue weighted by atomic mass is 10.1. The summed E-state index contributed by atoms with van der Waals surface area (Å²) in [7, 11) is 0. The van der Waals surface area contributed by atoms with E-state index in [2.05, 4.69) is 0 Å². The Labute approximate surface area is 110 Å². The SMILES string of the molecule is CC(OC(CI)c1ccc(F)cc1)C(F)(F)F. The van der Waals surface area contributed by atoms with Crippen molar-refractivity contribution in [2.45, 2.75) is 25.3 Å². The van der Waals surface area contributed by atoms with Gasteiger partial charge in [-0.05, 0) is 24.6 Å². The third kappa shape index (κ3) is 4.42. The van der Waals surface area contributed by atoms with E-state index in [1.54, 1.807) is 0 Å². The van der Waals surface area contributed by atoms with Crippen LogP contribution in [-0.4, -0.2) is 16.7 Å². The molecule has 0 aliphatic rings. The van der Waals surface area contributed by atoms with Crippen LogP contribution in [0.5, 0.6) is 0 Å². The van der Waals surface area contributed by atoms with Gasteiger partial charge in [-0.25, -0.2) is 4.39 Å². The molecule has 0 saturated carbocycles. The van der Waals surface area contributed by atoms with E-state index < -0.39 is 24.2 Å². The van der Waals surface area contributed by atoms with E-state index in [0.29, 0.717) is 9.99 Å². The van der Waals surface area contributed by atoms with Crippen LogP contribution in [0.1, 0.15) is 18.6 Å². The van der Waals surface area contributed by atoms with Crippen molar-refractivity contribution in [1.82, 2.24) is 0 Å². The maximum absolute atomic E-state index is 12.7. The third-order valence-corrected chi connectivity index (χ3v) is 3.01. The fraction of sp³-hybridized carbons (Fsp3) is 0.455. The molecule has 1 aromatic carbocycles. The first-order valence-electron chi connectivity index (χ1n) is 4.88. The summed E-state index contributed by atoms with van der Waals surface area (Å²) in [5.41, 5.74) is 0.539. The van der Waals surface area contributed by atoms with Crippen LogP contribution < -0.4 is 0 Å². The molecule has 0 aliphatic carbocycles. The smallest absolute Gasteiger partial charge is 0.360 e. The summed E-state index contributed by atoms with van der Waals surface area (Å²) in [6, 6.07) is 5.27. The van der Waals surface area contributed by atoms with E-state index in [1.165, 1.54) is 24.3 Å². The second-order valence-electron chi connectivity index (χ2n) is 3.51. The first kappa shape index (κ1) is 14.7. The molecule has 0 saturated heterocycles. The molecule has 0 amide bonds. The minimum Gasteiger partial charge on any atom is -0.360 e. The van der Waals surface area contributed by atoms with E-state index in [0.717, 1.165) is 6.92 Å². The predicted octanol–water partition coefficient (Wildman–Crippen LogP) is 4.27. The van der Waals surface area contributed by atoms with Gasteiger partial charge in [0.25, 0.3) is 0 Å². The topological polar surface area (TPSA) is 9.23 Å². The van der Waals surface area contributed by atoms with Crippen LogP contribution in [0.4, 0.5) is 17.6 Å². The molecule has 0 aliphatic heterocycles. The minimum absolute atomic E-state index is 0.365. The lowest BCUT2D eigenvalue weighted by Gasteiger charge is -2.23. The van der Waals surface area contributed by atoms with Gasteiger partial charge in [0.1, 0.15) is 5.82 Å². The Morgan fingerprint density at radius 2 is 1.76 bits per heavy atom. The summed E-state index contributed by atoms with van der Waals surface area (Å²) in [5.74, 6) is -0.426. The Hall–Kier alpha value is -0.370. The zero-order valence-corrected chi connectivity index (χ0v) is 11.1. The Kier molecular flexibility index (Phi) is 5.18. The Balaban J connectivity index is 2.75. The standard InChI is InChI=1S/C11H11F4IO/c1-7(11(13,14)15)17-10(6-16)8-2-4-9(12)5-3-8/h2-5,7,10H,6H2,1H3. The molecule has 0 bridgehead atoms. The van der Waals surface area contributed by atoms with E-state index in [9.17, 15) is 17.6 Å². The van der Waals surface area contributed by atoms with Crippen LogP contribution in [0.15, 0.2) is 24.3 Å². The molecule has 1 rings (SSSR count). The van der Waals surface area contributed by atoms with Crippen LogP contribution in [-0.2, 0) is 4.74 Å². The van der Waals surface area contributed by atoms with Crippen LogP contribution >= 0.6 is 22.6 Å². The fourth-order valence-corrected chi connectivity index (χ4v) is 1.92. The molecule has 1 aromatic rings. The number of rotatable bonds is 4. The summed E-state index contributed by atoms with van der Waals surface area (Å²) in [6.45, 7) is 0.961. The molecule has 1 nitrogen and oxygen atoms in total. The van der Waals surface area contributed by atoms with Gasteiger partial charge in [-0.15, -0.1) is 0 Å². The average molecular weight is 362 g/mol. The van der Waals surface area contributed by atoms with Gasteiger partial charge >= 0.3 is 6.18 Å². The first-order chi connectivity index (χ1) is 7.84. The number of ether oxygens (including phenoxy) is 1. The van der Waals surface area contributed by atoms with Crippen molar-refractivity contribution in [1.29, 1.82) is 0 Å². The molecule has 0 spiro atoms. The second kappa shape index (κ2) is 5.99. The van der Waals surface area contributed by atoms with Crippen LogP contribution in [0.2, 0.25) is 0 Å². The molecule has 2 atom stereocenters. The van der Waals surface area contributed by atoms with Crippen molar-refractivity contribution in [3.8, 4) is 0 Å². The van der Waals surface area contributed by atoms with Crippen LogP contribution in [0.3, 0.4) is 0 Å². The molecule has 0 N–H and O–H groups in total. The highest BCUT2D eigenvalue weighted by molar-refractivity contribution is 14.1. The Bertz CT molecular complexity index is 349. The zero-order valence-electron chi connectivity index (χ0n) is 8.97. The molecule has 0 radical (unpaired) electrons. The highest BCUT2D eigenvalue weighted by atomic mass is 127. The first-order valence-corrected chi connectivity index (χ1v) is 6.40. The van der Waals surface area contributed by atoms with Gasteiger partial charge in [-0.1, -0.05) is 34.7 Å². The molecule has 0 fully saturated rings. The van der Waals surface area contributed by atoms with E-state index in [4.69, 9.17) is 4.74 Å². The van der Waals surface area contributed by atoms with E-state index in [-0.39, 0.29) is 0 Å². The number of halogens is 5. The lowest BCUT2D eigenvalue weighted by molar-refractivity contribution is -0.225. The highest BCUT2D eigenvalue weighted by Crippen LogP contribution is 2.29. The summed E-state index contributed by atoms with van der Waals surface area (Å²) >= 11 is 1.94. The molecular weight excluding hydrogens is 351 g/mol. The third-order valence-electron chi connectivity index (χ3n) is 2.21. The van der Waals surface area contributed by atoms with Gasteiger partial charge in [0, 0.05) is 4.43 Å². The molecule has 6 heteroatoms. The second-order valence-corrected chi connectivity index (χ2v) is 4.40. The molecular formula is C11H11F4IO. The summed E-state index contributed by atoms with van der Waals surface area (Å²) in [6.07, 6.45) is -6.91. The van der Waals surface area contributed by atoms with E-state index in [1.807, 2.05) is 22.6 Å². The number of hydrogen-bond acceptors (Lipinski definition) is 1. The normalized spacial score (nSPS) is 15.6. The number of benzene rings is 1. The van der Waals surface area contributed by atoms with Crippen molar-refractivity contribution in [3.63, 3.8) is 0 Å². The zero-order chi connectivity index (χ0) is 13.1. The van der Waals surface area contributed by atoms with Gasteiger partial charge in [0.2, 0.25) is 0 Å². The van der Waals surface area contributed by atoms with Crippen molar-refractivity contribution in [2.75, 3.05) is 4.43 Å². The molecule has 2 unspecified atom stereocenters. The van der Waals surface area contributed by atoms with Crippen molar-refractivity contribution < 1.29 is 22.3 Å².